The van der Waals surface area contributed by atoms with Crippen LogP contribution in [0.4, 0.5) is 0 Å². The van der Waals surface area contributed by atoms with Crippen LogP contribution in [0, 0.1) is 26.7 Å². The lowest BCUT2D eigenvalue weighted by molar-refractivity contribution is -0.121. The zero-order valence-electron chi connectivity index (χ0n) is 13.1. The third kappa shape index (κ3) is 4.38. The lowest BCUT2D eigenvalue weighted by Crippen LogP contribution is -2.22. The summed E-state index contributed by atoms with van der Waals surface area (Å²) in [6.45, 7) is 10.9. The highest BCUT2D eigenvalue weighted by molar-refractivity contribution is 5.76. The number of benzene rings is 1. The molecule has 0 radical (unpaired) electrons. The van der Waals surface area contributed by atoms with Crippen molar-refractivity contribution >= 4 is 5.91 Å². The van der Waals surface area contributed by atoms with Gasteiger partial charge in [0.05, 0.1) is 0 Å². The van der Waals surface area contributed by atoms with E-state index in [9.17, 15) is 4.79 Å². The highest BCUT2D eigenvalue weighted by Gasteiger charge is 2.20. The van der Waals surface area contributed by atoms with Crippen LogP contribution in [-0.2, 0) is 4.79 Å². The average Bonchev–Trinajstić information content (AvgIpc) is 2.26. The number of hydrogen-bond donors (Lipinski definition) is 1. The van der Waals surface area contributed by atoms with Gasteiger partial charge in [-0.15, -0.1) is 0 Å². The minimum atomic E-state index is 0.130. The van der Waals surface area contributed by atoms with Gasteiger partial charge < -0.3 is 5.32 Å². The molecule has 1 N–H and O–H groups in total. The summed E-state index contributed by atoms with van der Waals surface area (Å²) in [5.74, 6) is 1.04. The third-order valence-corrected chi connectivity index (χ3v) is 3.61. The lowest BCUT2D eigenvalue weighted by atomic mass is 9.82. The Kier molecular flexibility index (Phi) is 5.59. The molecule has 0 fully saturated rings. The molecule has 0 aliphatic rings. The first-order valence-corrected chi connectivity index (χ1v) is 7.13. The maximum atomic E-state index is 11.8. The zero-order valence-corrected chi connectivity index (χ0v) is 13.1. The van der Waals surface area contributed by atoms with Crippen molar-refractivity contribution in [3.8, 4) is 0 Å². The molecule has 2 heteroatoms. The van der Waals surface area contributed by atoms with E-state index >= 15 is 0 Å². The number of carbonyl (C=O) groups excluding carboxylic acids is 1. The molecule has 0 heterocycles. The largest absolute Gasteiger partial charge is 0.359 e. The summed E-state index contributed by atoms with van der Waals surface area (Å²) in [7, 11) is 1.71. The van der Waals surface area contributed by atoms with Gasteiger partial charge in [0.25, 0.3) is 0 Å². The molecule has 19 heavy (non-hydrogen) atoms. The van der Waals surface area contributed by atoms with Crippen molar-refractivity contribution in [2.75, 3.05) is 7.05 Å². The fourth-order valence-electron chi connectivity index (χ4n) is 3.03. The maximum Gasteiger partial charge on any atom is 0.220 e. The Hall–Kier alpha value is -1.31. The normalized spacial score (nSPS) is 12.6. The van der Waals surface area contributed by atoms with Gasteiger partial charge in [-0.3, -0.25) is 4.79 Å². The van der Waals surface area contributed by atoms with Crippen molar-refractivity contribution in [2.24, 2.45) is 5.92 Å². The fraction of sp³-hybridized carbons (Fsp3) is 0.588. The molecule has 0 aromatic heterocycles. The predicted octanol–water partition coefficient (Wildman–Crippen LogP) is 3.88. The van der Waals surface area contributed by atoms with Gasteiger partial charge in [-0.2, -0.15) is 0 Å². The molecule has 1 unspecified atom stereocenters. The Morgan fingerprint density at radius 3 is 2.11 bits per heavy atom. The van der Waals surface area contributed by atoms with Gasteiger partial charge in [-0.25, -0.2) is 0 Å². The van der Waals surface area contributed by atoms with Crippen LogP contribution in [0.5, 0.6) is 0 Å². The maximum absolute atomic E-state index is 11.8. The number of amides is 1. The van der Waals surface area contributed by atoms with Crippen molar-refractivity contribution in [3.63, 3.8) is 0 Å². The molecular weight excluding hydrogens is 234 g/mol. The summed E-state index contributed by atoms with van der Waals surface area (Å²) >= 11 is 0. The number of nitrogens with one attached hydrogen (secondary N) is 1. The SMILES string of the molecule is CNC(=O)CC(CC(C)C)c1c(C)cc(C)cc1C. The van der Waals surface area contributed by atoms with E-state index in [0.717, 1.165) is 6.42 Å². The van der Waals surface area contributed by atoms with E-state index in [4.69, 9.17) is 0 Å². The molecule has 2 nitrogen and oxygen atoms in total. The van der Waals surface area contributed by atoms with Crippen LogP contribution < -0.4 is 5.32 Å². The first-order chi connectivity index (χ1) is 8.85. The minimum absolute atomic E-state index is 0.130. The average molecular weight is 261 g/mol. The lowest BCUT2D eigenvalue weighted by Gasteiger charge is -2.23. The number of aryl methyl sites for hydroxylation is 3. The molecule has 0 bridgehead atoms. The number of carbonyl (C=O) groups is 1. The molecular formula is C17H27NO. The molecule has 1 amide bonds. The van der Waals surface area contributed by atoms with Crippen LogP contribution in [0.1, 0.15) is 54.9 Å². The second-order valence-corrected chi connectivity index (χ2v) is 6.02. The van der Waals surface area contributed by atoms with Gasteiger partial charge in [0.15, 0.2) is 0 Å². The highest BCUT2D eigenvalue weighted by Crippen LogP contribution is 2.32. The topological polar surface area (TPSA) is 29.1 Å². The summed E-state index contributed by atoms with van der Waals surface area (Å²) in [5.41, 5.74) is 5.28. The van der Waals surface area contributed by atoms with E-state index in [2.05, 4.69) is 52.1 Å². The fourth-order valence-corrected chi connectivity index (χ4v) is 3.03. The van der Waals surface area contributed by atoms with Crippen molar-refractivity contribution in [2.45, 2.75) is 53.4 Å². The van der Waals surface area contributed by atoms with Crippen LogP contribution in [0.15, 0.2) is 12.1 Å². The van der Waals surface area contributed by atoms with Crippen LogP contribution >= 0.6 is 0 Å². The summed E-state index contributed by atoms with van der Waals surface area (Å²) in [5, 5.41) is 2.75. The summed E-state index contributed by atoms with van der Waals surface area (Å²) in [4.78, 5) is 11.8. The molecule has 1 rings (SSSR count). The molecule has 0 saturated carbocycles. The monoisotopic (exact) mass is 261 g/mol. The van der Waals surface area contributed by atoms with E-state index in [-0.39, 0.29) is 5.91 Å². The van der Waals surface area contributed by atoms with Crippen molar-refractivity contribution in [3.05, 3.63) is 34.4 Å². The molecule has 0 spiro atoms. The van der Waals surface area contributed by atoms with E-state index in [1.807, 2.05) is 0 Å². The first kappa shape index (κ1) is 15.7. The standard InChI is InChI=1S/C17H27NO/c1-11(2)7-15(10-16(19)18-6)17-13(4)8-12(3)9-14(17)5/h8-9,11,15H,7,10H2,1-6H3,(H,18,19). The number of hydrogen-bond acceptors (Lipinski definition) is 1. The van der Waals surface area contributed by atoms with Crippen LogP contribution in [0.2, 0.25) is 0 Å². The van der Waals surface area contributed by atoms with Gasteiger partial charge >= 0.3 is 0 Å². The summed E-state index contributed by atoms with van der Waals surface area (Å²) < 4.78 is 0. The Morgan fingerprint density at radius 1 is 1.16 bits per heavy atom. The minimum Gasteiger partial charge on any atom is -0.359 e. The van der Waals surface area contributed by atoms with E-state index in [0.29, 0.717) is 18.3 Å². The van der Waals surface area contributed by atoms with E-state index in [1.165, 1.54) is 22.3 Å². The highest BCUT2D eigenvalue weighted by atomic mass is 16.1. The molecule has 0 aliphatic carbocycles. The summed E-state index contributed by atoms with van der Waals surface area (Å²) in [6, 6.07) is 4.44. The van der Waals surface area contributed by atoms with Gasteiger partial charge in [-0.05, 0) is 55.7 Å². The smallest absolute Gasteiger partial charge is 0.220 e. The van der Waals surface area contributed by atoms with Crippen LogP contribution in [0.25, 0.3) is 0 Å². The molecule has 0 aliphatic heterocycles. The Balaban J connectivity index is 3.13. The van der Waals surface area contributed by atoms with E-state index < -0.39 is 0 Å². The van der Waals surface area contributed by atoms with Gasteiger partial charge in [0, 0.05) is 13.5 Å². The van der Waals surface area contributed by atoms with Crippen LogP contribution in [0.3, 0.4) is 0 Å². The zero-order chi connectivity index (χ0) is 14.6. The summed E-state index contributed by atoms with van der Waals surface area (Å²) in [6.07, 6.45) is 1.64. The quantitative estimate of drug-likeness (QED) is 0.856. The van der Waals surface area contributed by atoms with Gasteiger partial charge in [0.1, 0.15) is 0 Å². The molecule has 1 aromatic rings. The molecule has 106 valence electrons. The number of rotatable bonds is 5. The Labute approximate surface area is 117 Å². The molecule has 1 aromatic carbocycles. The van der Waals surface area contributed by atoms with Crippen molar-refractivity contribution < 1.29 is 4.79 Å². The van der Waals surface area contributed by atoms with Gasteiger partial charge in [0.2, 0.25) is 5.91 Å². The third-order valence-electron chi connectivity index (χ3n) is 3.61. The molecule has 1 atom stereocenters. The van der Waals surface area contributed by atoms with Crippen molar-refractivity contribution in [1.29, 1.82) is 0 Å². The second kappa shape index (κ2) is 6.74. The second-order valence-electron chi connectivity index (χ2n) is 6.02. The predicted molar refractivity (Wildman–Crippen MR) is 81.5 cm³/mol. The first-order valence-electron chi connectivity index (χ1n) is 7.13. The van der Waals surface area contributed by atoms with Crippen LogP contribution in [-0.4, -0.2) is 13.0 Å². The van der Waals surface area contributed by atoms with Crippen molar-refractivity contribution in [1.82, 2.24) is 5.32 Å². The molecule has 0 saturated heterocycles. The Bertz CT molecular complexity index is 426. The van der Waals surface area contributed by atoms with Gasteiger partial charge in [-0.1, -0.05) is 31.5 Å². The Morgan fingerprint density at radius 2 is 1.68 bits per heavy atom. The van der Waals surface area contributed by atoms with E-state index in [1.54, 1.807) is 7.05 Å².